The number of nitrogens with zero attached hydrogens (tertiary/aromatic N) is 1. The van der Waals surface area contributed by atoms with Crippen LogP contribution in [0.25, 0.3) is 0 Å². The third-order valence-corrected chi connectivity index (χ3v) is 4.57. The molecule has 0 aromatic heterocycles. The molecule has 3 rings (SSSR count). The van der Waals surface area contributed by atoms with Crippen LogP contribution in [-0.2, 0) is 6.61 Å². The van der Waals surface area contributed by atoms with Crippen LogP contribution in [0, 0.1) is 6.92 Å². The van der Waals surface area contributed by atoms with Gasteiger partial charge in [0.15, 0.2) is 11.5 Å². The van der Waals surface area contributed by atoms with Crippen LogP contribution in [0.5, 0.6) is 11.5 Å². The minimum Gasteiger partial charge on any atom is -0.490 e. The van der Waals surface area contributed by atoms with Gasteiger partial charge in [-0.25, -0.2) is 5.43 Å². The first-order chi connectivity index (χ1) is 14.6. The van der Waals surface area contributed by atoms with Crippen molar-refractivity contribution in [1.29, 1.82) is 0 Å². The summed E-state index contributed by atoms with van der Waals surface area (Å²) in [6.07, 6.45) is 1.55. The molecule has 0 unspecified atom stereocenters. The second-order valence-electron chi connectivity index (χ2n) is 6.60. The predicted octanol–water partition coefficient (Wildman–Crippen LogP) is 5.39. The van der Waals surface area contributed by atoms with Gasteiger partial charge in [0.25, 0.3) is 5.91 Å². The molecule has 0 saturated heterocycles. The van der Waals surface area contributed by atoms with Gasteiger partial charge in [-0.05, 0) is 60.9 Å². The Balaban J connectivity index is 1.66. The molecule has 0 atom stereocenters. The van der Waals surface area contributed by atoms with Crippen LogP contribution in [0.15, 0.2) is 71.8 Å². The summed E-state index contributed by atoms with van der Waals surface area (Å²) in [5.74, 6) is 0.891. The normalized spacial score (nSPS) is 10.8. The van der Waals surface area contributed by atoms with E-state index in [0.29, 0.717) is 35.3 Å². The summed E-state index contributed by atoms with van der Waals surface area (Å²) >= 11 is 6.12. The van der Waals surface area contributed by atoms with Gasteiger partial charge in [-0.2, -0.15) is 5.10 Å². The first kappa shape index (κ1) is 21.4. The summed E-state index contributed by atoms with van der Waals surface area (Å²) in [6, 6.07) is 20.6. The van der Waals surface area contributed by atoms with Gasteiger partial charge in [0.2, 0.25) is 0 Å². The lowest BCUT2D eigenvalue weighted by Crippen LogP contribution is -2.18. The fourth-order valence-corrected chi connectivity index (χ4v) is 3.08. The van der Waals surface area contributed by atoms with Crippen LogP contribution in [0.2, 0.25) is 5.02 Å². The van der Waals surface area contributed by atoms with E-state index in [4.69, 9.17) is 21.1 Å². The van der Waals surface area contributed by atoms with Gasteiger partial charge in [-0.15, -0.1) is 0 Å². The summed E-state index contributed by atoms with van der Waals surface area (Å²) in [7, 11) is 0. The molecule has 1 N–H and O–H groups in total. The van der Waals surface area contributed by atoms with E-state index in [-0.39, 0.29) is 5.91 Å². The molecule has 6 heteroatoms. The number of carbonyl (C=O) groups excluding carboxylic acids is 1. The molecule has 0 heterocycles. The lowest BCUT2D eigenvalue weighted by molar-refractivity contribution is 0.0955. The van der Waals surface area contributed by atoms with E-state index in [0.717, 1.165) is 16.7 Å². The highest BCUT2D eigenvalue weighted by atomic mass is 35.5. The zero-order chi connectivity index (χ0) is 21.3. The molecule has 0 saturated carbocycles. The molecule has 3 aromatic carbocycles. The van der Waals surface area contributed by atoms with Crippen molar-refractivity contribution in [1.82, 2.24) is 5.43 Å². The smallest absolute Gasteiger partial charge is 0.272 e. The Kier molecular flexibility index (Phi) is 7.46. The van der Waals surface area contributed by atoms with E-state index in [1.54, 1.807) is 18.3 Å². The van der Waals surface area contributed by atoms with Gasteiger partial charge in [0.1, 0.15) is 6.61 Å². The molecule has 0 fully saturated rings. The highest BCUT2D eigenvalue weighted by molar-refractivity contribution is 6.33. The Morgan fingerprint density at radius 2 is 1.83 bits per heavy atom. The molecule has 30 heavy (non-hydrogen) atoms. The number of hydrogen-bond acceptors (Lipinski definition) is 4. The maximum absolute atomic E-state index is 12.3. The number of nitrogens with one attached hydrogen (secondary N) is 1. The highest BCUT2D eigenvalue weighted by Gasteiger charge is 2.10. The summed E-state index contributed by atoms with van der Waals surface area (Å²) in [5, 5.41) is 4.42. The van der Waals surface area contributed by atoms with Gasteiger partial charge < -0.3 is 9.47 Å². The van der Waals surface area contributed by atoms with Crippen molar-refractivity contribution in [3.63, 3.8) is 0 Å². The van der Waals surface area contributed by atoms with Gasteiger partial charge in [-0.3, -0.25) is 4.79 Å². The quantitative estimate of drug-likeness (QED) is 0.391. The number of ether oxygens (including phenoxy) is 2. The van der Waals surface area contributed by atoms with Crippen molar-refractivity contribution in [2.24, 2.45) is 5.10 Å². The third kappa shape index (κ3) is 5.84. The molecule has 0 aliphatic heterocycles. The molecule has 0 spiro atoms. The number of aryl methyl sites for hydroxylation is 1. The van der Waals surface area contributed by atoms with Crippen LogP contribution in [-0.4, -0.2) is 18.7 Å². The molecular weight excluding hydrogens is 400 g/mol. The predicted molar refractivity (Wildman–Crippen MR) is 120 cm³/mol. The number of benzene rings is 3. The van der Waals surface area contributed by atoms with Crippen molar-refractivity contribution in [2.75, 3.05) is 6.61 Å². The van der Waals surface area contributed by atoms with Gasteiger partial charge in [0, 0.05) is 0 Å². The summed E-state index contributed by atoms with van der Waals surface area (Å²) < 4.78 is 11.6. The maximum atomic E-state index is 12.3. The third-order valence-electron chi connectivity index (χ3n) is 4.25. The van der Waals surface area contributed by atoms with Crippen LogP contribution < -0.4 is 14.9 Å². The second-order valence-corrected chi connectivity index (χ2v) is 7.00. The molecule has 1 amide bonds. The molecule has 5 nitrogen and oxygen atoms in total. The second kappa shape index (κ2) is 10.5. The van der Waals surface area contributed by atoms with E-state index in [9.17, 15) is 4.79 Å². The Labute approximate surface area is 181 Å². The van der Waals surface area contributed by atoms with Gasteiger partial charge in [-0.1, -0.05) is 48.0 Å². The van der Waals surface area contributed by atoms with Gasteiger partial charge >= 0.3 is 0 Å². The van der Waals surface area contributed by atoms with Crippen molar-refractivity contribution < 1.29 is 14.3 Å². The van der Waals surface area contributed by atoms with Crippen LogP contribution in [0.3, 0.4) is 0 Å². The zero-order valence-electron chi connectivity index (χ0n) is 16.9. The maximum Gasteiger partial charge on any atom is 0.272 e. The van der Waals surface area contributed by atoms with Crippen molar-refractivity contribution >= 4 is 23.7 Å². The number of rotatable bonds is 8. The largest absolute Gasteiger partial charge is 0.490 e. The lowest BCUT2D eigenvalue weighted by Gasteiger charge is -2.12. The minimum atomic E-state index is -0.371. The summed E-state index contributed by atoms with van der Waals surface area (Å²) in [6.45, 7) is 4.77. The summed E-state index contributed by atoms with van der Waals surface area (Å²) in [4.78, 5) is 12.3. The monoisotopic (exact) mass is 422 g/mol. The topological polar surface area (TPSA) is 59.9 Å². The van der Waals surface area contributed by atoms with Crippen molar-refractivity contribution in [3.8, 4) is 11.5 Å². The number of carbonyl (C=O) groups is 1. The SMILES string of the molecule is CCOc1cc(/C=N/NC(=O)c2ccc(C)cc2Cl)ccc1OCc1ccccc1. The Morgan fingerprint density at radius 1 is 1.03 bits per heavy atom. The Bertz CT molecular complexity index is 1040. The van der Waals surface area contributed by atoms with Crippen molar-refractivity contribution in [2.45, 2.75) is 20.5 Å². The van der Waals surface area contributed by atoms with E-state index in [1.165, 1.54) is 0 Å². The molecule has 154 valence electrons. The molecule has 0 bridgehead atoms. The first-order valence-corrected chi connectivity index (χ1v) is 9.97. The molecule has 0 aliphatic rings. The Hall–Kier alpha value is -3.31. The van der Waals surface area contributed by atoms with E-state index >= 15 is 0 Å². The average molecular weight is 423 g/mol. The van der Waals surface area contributed by atoms with Crippen LogP contribution in [0.4, 0.5) is 0 Å². The van der Waals surface area contributed by atoms with E-state index < -0.39 is 0 Å². The fourth-order valence-electron chi connectivity index (χ4n) is 2.76. The van der Waals surface area contributed by atoms with Crippen LogP contribution in [0.1, 0.15) is 34.0 Å². The standard InChI is InChI=1S/C24H23ClN2O3/c1-3-29-23-14-19(10-12-22(23)30-16-18-7-5-4-6-8-18)15-26-27-24(28)20-11-9-17(2)13-21(20)25/h4-15H,3,16H2,1-2H3,(H,27,28)/b26-15+. The number of hydrogen-bond donors (Lipinski definition) is 1. The first-order valence-electron chi connectivity index (χ1n) is 9.60. The van der Waals surface area contributed by atoms with E-state index in [1.807, 2.05) is 68.4 Å². The lowest BCUT2D eigenvalue weighted by atomic mass is 10.1. The van der Waals surface area contributed by atoms with E-state index in [2.05, 4.69) is 10.5 Å². The number of amides is 1. The zero-order valence-corrected chi connectivity index (χ0v) is 17.6. The molecular formula is C24H23ClN2O3. The highest BCUT2D eigenvalue weighted by Crippen LogP contribution is 2.29. The van der Waals surface area contributed by atoms with Crippen LogP contribution >= 0.6 is 11.6 Å². The minimum absolute atomic E-state index is 0.371. The van der Waals surface area contributed by atoms with Crippen molar-refractivity contribution in [3.05, 3.63) is 94.0 Å². The molecule has 3 aromatic rings. The average Bonchev–Trinajstić information content (AvgIpc) is 2.74. The molecule has 0 aliphatic carbocycles. The van der Waals surface area contributed by atoms with Gasteiger partial charge in [0.05, 0.1) is 23.4 Å². The summed E-state index contributed by atoms with van der Waals surface area (Å²) in [5.41, 5.74) is 5.69. The molecule has 0 radical (unpaired) electrons. The Morgan fingerprint density at radius 3 is 2.57 bits per heavy atom. The fraction of sp³-hybridized carbons (Fsp3) is 0.167. The number of hydrazone groups is 1. The number of halogens is 1.